The Bertz CT molecular complexity index is 1770. The number of aliphatic imine (C=N–C) groups is 1. The highest BCUT2D eigenvalue weighted by Gasteiger charge is 2.45. The number of ether oxygens (including phenoxy) is 1. The van der Waals surface area contributed by atoms with Crippen LogP contribution in [0.5, 0.6) is 0 Å². The Morgan fingerprint density at radius 1 is 0.857 bits per heavy atom. The summed E-state index contributed by atoms with van der Waals surface area (Å²) in [6, 6.07) is 27.7. The molecule has 0 bridgehead atoms. The molecule has 3 aliphatic heterocycles. The summed E-state index contributed by atoms with van der Waals surface area (Å²) in [6.45, 7) is 2.35. The molecule has 0 saturated carbocycles. The monoisotopic (exact) mass is 450 g/mol. The maximum atomic E-state index is 6.73. The van der Waals surface area contributed by atoms with Crippen LogP contribution < -0.4 is 10.6 Å². The minimum atomic E-state index is -0.211. The van der Waals surface area contributed by atoms with Crippen molar-refractivity contribution in [2.24, 2.45) is 9.98 Å². The first kappa shape index (κ1) is 19.1. The van der Waals surface area contributed by atoms with Crippen LogP contribution in [0.15, 0.2) is 129 Å². The van der Waals surface area contributed by atoms with Crippen molar-refractivity contribution in [2.45, 2.75) is 25.2 Å². The molecule has 0 radical (unpaired) electrons. The molecule has 0 fully saturated rings. The lowest BCUT2D eigenvalue weighted by molar-refractivity contribution is 0.286. The van der Waals surface area contributed by atoms with E-state index in [0.29, 0.717) is 0 Å². The average molecular weight is 451 g/mol. The van der Waals surface area contributed by atoms with Crippen LogP contribution in [0.25, 0.3) is 11.1 Å². The number of rotatable bonds is 1. The van der Waals surface area contributed by atoms with Gasteiger partial charge in [0.1, 0.15) is 11.5 Å². The fraction of sp³-hybridized carbons (Fsp3) is 0.125. The molecular formula is C32H22N2O. The molecule has 3 nitrogen and oxygen atoms in total. The number of nitrogens with zero attached hydrogens (tertiary/aromatic N) is 2. The van der Waals surface area contributed by atoms with Crippen molar-refractivity contribution >= 4 is 22.5 Å². The molecule has 0 amide bonds. The van der Waals surface area contributed by atoms with Crippen LogP contribution in [0.1, 0.15) is 30.9 Å². The predicted molar refractivity (Wildman–Crippen MR) is 138 cm³/mol. The minimum absolute atomic E-state index is 0.211. The first-order valence-corrected chi connectivity index (χ1v) is 12.2. The van der Waals surface area contributed by atoms with Gasteiger partial charge in [0.05, 0.1) is 16.8 Å². The van der Waals surface area contributed by atoms with Crippen molar-refractivity contribution in [3.63, 3.8) is 0 Å². The largest absolute Gasteiger partial charge is 0.458 e. The Morgan fingerprint density at radius 3 is 2.57 bits per heavy atom. The minimum Gasteiger partial charge on any atom is -0.458 e. The molecule has 5 aliphatic rings. The van der Waals surface area contributed by atoms with Crippen molar-refractivity contribution in [1.29, 1.82) is 0 Å². The second-order valence-electron chi connectivity index (χ2n) is 9.96. The summed E-state index contributed by atoms with van der Waals surface area (Å²) in [4.78, 5) is 10.1. The molecule has 3 aromatic carbocycles. The Labute approximate surface area is 203 Å². The summed E-state index contributed by atoms with van der Waals surface area (Å²) in [5.41, 5.74) is 10.2. The van der Waals surface area contributed by atoms with Crippen molar-refractivity contribution in [3.05, 3.63) is 141 Å². The van der Waals surface area contributed by atoms with E-state index in [1.807, 2.05) is 0 Å². The van der Waals surface area contributed by atoms with E-state index in [1.54, 1.807) is 0 Å². The Balaban J connectivity index is 1.35. The standard InChI is InChI=1S/C32H22N2O/c1-32(20-9-3-2-4-10-20)18-19-17-24-27(16-15-22-21-11-5-7-13-25(21)33-29(22)24)35-31(19)30-28(32)23-12-6-8-14-26(23)34-30/h2-15,17H,16,18H2,1H3. The van der Waals surface area contributed by atoms with E-state index >= 15 is 0 Å². The number of para-hydroxylation sites is 2. The summed E-state index contributed by atoms with van der Waals surface area (Å²) in [5.74, 6) is 1.89. The maximum Gasteiger partial charge on any atom is 0.156 e. The third kappa shape index (κ3) is 2.50. The van der Waals surface area contributed by atoms with Crippen LogP contribution in [0.3, 0.4) is 0 Å². The SMILES string of the molecule is CC1(c2ccccc2)CC2=CC3=C(CC=C4C3=Nc3ccccc34)OC2=C2N=c3ccccc3=C21. The maximum absolute atomic E-state index is 6.73. The van der Waals surface area contributed by atoms with Crippen LogP contribution >= 0.6 is 0 Å². The zero-order valence-corrected chi connectivity index (χ0v) is 19.4. The molecule has 8 rings (SSSR count). The molecule has 1 atom stereocenters. The fourth-order valence-electron chi connectivity index (χ4n) is 6.29. The highest BCUT2D eigenvalue weighted by molar-refractivity contribution is 6.37. The van der Waals surface area contributed by atoms with E-state index in [0.717, 1.165) is 52.4 Å². The number of benzene rings is 3. The van der Waals surface area contributed by atoms with Gasteiger partial charge in [-0.2, -0.15) is 0 Å². The molecule has 0 spiro atoms. The molecule has 0 saturated heterocycles. The second kappa shape index (κ2) is 6.67. The fourth-order valence-corrected chi connectivity index (χ4v) is 6.29. The molecule has 0 N–H and O–H groups in total. The Kier molecular flexibility index (Phi) is 3.64. The normalized spacial score (nSPS) is 23.0. The highest BCUT2D eigenvalue weighted by Crippen LogP contribution is 2.53. The zero-order chi connectivity index (χ0) is 23.1. The third-order valence-corrected chi connectivity index (χ3v) is 7.93. The molecule has 3 heterocycles. The van der Waals surface area contributed by atoms with E-state index in [4.69, 9.17) is 14.7 Å². The number of fused-ring (bicyclic) bond motifs is 7. The van der Waals surface area contributed by atoms with Gasteiger partial charge in [-0.25, -0.2) is 9.98 Å². The van der Waals surface area contributed by atoms with Gasteiger partial charge in [-0.3, -0.25) is 0 Å². The molecule has 166 valence electrons. The number of hydrogen-bond acceptors (Lipinski definition) is 3. The number of hydrogen-bond donors (Lipinski definition) is 0. The van der Waals surface area contributed by atoms with Gasteiger partial charge in [0.2, 0.25) is 0 Å². The van der Waals surface area contributed by atoms with E-state index < -0.39 is 0 Å². The van der Waals surface area contributed by atoms with Crippen molar-refractivity contribution in [3.8, 4) is 0 Å². The topological polar surface area (TPSA) is 34.0 Å². The molecule has 35 heavy (non-hydrogen) atoms. The first-order chi connectivity index (χ1) is 17.2. The van der Waals surface area contributed by atoms with E-state index in [1.165, 1.54) is 33.1 Å². The second-order valence-corrected chi connectivity index (χ2v) is 9.96. The number of allylic oxidation sites excluding steroid dienone is 6. The first-order valence-electron chi connectivity index (χ1n) is 12.2. The van der Waals surface area contributed by atoms with Crippen molar-refractivity contribution < 1.29 is 4.74 Å². The van der Waals surface area contributed by atoms with Crippen LogP contribution in [0.2, 0.25) is 0 Å². The van der Waals surface area contributed by atoms with Gasteiger partial charge >= 0.3 is 0 Å². The van der Waals surface area contributed by atoms with E-state index in [2.05, 4.69) is 97.9 Å². The summed E-state index contributed by atoms with van der Waals surface area (Å²) in [5, 5.41) is 2.24. The predicted octanol–water partition coefficient (Wildman–Crippen LogP) is 5.83. The molecule has 3 aromatic rings. The van der Waals surface area contributed by atoms with Crippen molar-refractivity contribution in [1.82, 2.24) is 0 Å². The van der Waals surface area contributed by atoms with Crippen LogP contribution in [0, 0.1) is 0 Å². The van der Waals surface area contributed by atoms with Crippen LogP contribution in [-0.2, 0) is 10.2 Å². The zero-order valence-electron chi connectivity index (χ0n) is 19.4. The molecular weight excluding hydrogens is 428 g/mol. The lowest BCUT2D eigenvalue weighted by atomic mass is 9.66. The Morgan fingerprint density at radius 2 is 1.66 bits per heavy atom. The van der Waals surface area contributed by atoms with Crippen LogP contribution in [0.4, 0.5) is 5.69 Å². The van der Waals surface area contributed by atoms with Gasteiger partial charge in [0.15, 0.2) is 5.76 Å². The molecule has 3 heteroatoms. The Hall–Kier alpha value is -4.24. The van der Waals surface area contributed by atoms with E-state index in [9.17, 15) is 0 Å². The molecule has 2 aliphatic carbocycles. The summed E-state index contributed by atoms with van der Waals surface area (Å²) >= 11 is 0. The van der Waals surface area contributed by atoms with Gasteiger partial charge < -0.3 is 4.74 Å². The lowest BCUT2D eigenvalue weighted by Gasteiger charge is -2.40. The molecule has 1 unspecified atom stereocenters. The van der Waals surface area contributed by atoms with Gasteiger partial charge in [-0.15, -0.1) is 0 Å². The lowest BCUT2D eigenvalue weighted by Crippen LogP contribution is -2.36. The van der Waals surface area contributed by atoms with Crippen molar-refractivity contribution in [2.75, 3.05) is 0 Å². The molecule has 0 aromatic heterocycles. The van der Waals surface area contributed by atoms with Gasteiger partial charge in [-0.1, -0.05) is 79.7 Å². The van der Waals surface area contributed by atoms with E-state index in [-0.39, 0.29) is 5.41 Å². The summed E-state index contributed by atoms with van der Waals surface area (Å²) < 4.78 is 6.73. The summed E-state index contributed by atoms with van der Waals surface area (Å²) in [6.07, 6.45) is 6.20. The van der Waals surface area contributed by atoms with Crippen LogP contribution in [-0.4, -0.2) is 5.71 Å². The van der Waals surface area contributed by atoms with Gasteiger partial charge in [0.25, 0.3) is 0 Å². The quantitative estimate of drug-likeness (QED) is 0.459. The smallest absolute Gasteiger partial charge is 0.156 e. The van der Waals surface area contributed by atoms with Gasteiger partial charge in [0, 0.05) is 39.3 Å². The average Bonchev–Trinajstić information content (AvgIpc) is 3.48. The third-order valence-electron chi connectivity index (χ3n) is 7.93. The highest BCUT2D eigenvalue weighted by atomic mass is 16.5. The van der Waals surface area contributed by atoms with Gasteiger partial charge in [-0.05, 0) is 35.8 Å². The summed E-state index contributed by atoms with van der Waals surface area (Å²) in [7, 11) is 0.